The monoisotopic (exact) mass is 566 g/mol. The van der Waals surface area contributed by atoms with E-state index < -0.39 is 6.10 Å². The molecule has 3 N–H and O–H groups in total. The van der Waals surface area contributed by atoms with E-state index in [0.29, 0.717) is 37.5 Å². The summed E-state index contributed by atoms with van der Waals surface area (Å²) < 4.78 is 12.1. The number of ketones is 2. The van der Waals surface area contributed by atoms with E-state index in [1.54, 1.807) is 13.8 Å². The molecule has 4 aliphatic rings. The molecular weight excluding hydrogens is 520 g/mol. The molecule has 7 heteroatoms. The lowest BCUT2D eigenvalue weighted by Gasteiger charge is -2.18. The molecule has 0 unspecified atom stereocenters. The Kier molecular flexibility index (Phi) is 9.93. The molecule has 0 aromatic heterocycles. The molecule has 0 amide bonds. The zero-order chi connectivity index (χ0) is 28.6. The lowest BCUT2D eigenvalue weighted by molar-refractivity contribution is -0.117. The van der Waals surface area contributed by atoms with Gasteiger partial charge in [0.1, 0.15) is 35.3 Å². The molecular formula is C34H46O7. The van der Waals surface area contributed by atoms with E-state index in [1.807, 2.05) is 18.2 Å². The first-order chi connectivity index (χ1) is 19.2. The third-order valence-electron chi connectivity index (χ3n) is 9.35. The number of ether oxygens (including phenoxy) is 2. The van der Waals surface area contributed by atoms with E-state index >= 15 is 0 Å². The van der Waals surface area contributed by atoms with Gasteiger partial charge in [-0.15, -0.1) is 0 Å². The molecule has 2 aromatic rings. The normalized spacial score (nSPS) is 30.0. The SMILES string of the molecule is C.CC(=O)CCc1cccc2c1O[C@H]1C[C@@H](O)[C@H](CO)[C@@H]21.CC[C@@H]1[C@H]2c3cccc(CCC(C)=O)c3O[C@H]2C[C@H]1O. The van der Waals surface area contributed by atoms with E-state index in [2.05, 4.69) is 25.1 Å². The van der Waals surface area contributed by atoms with E-state index in [1.165, 1.54) is 5.56 Å². The van der Waals surface area contributed by atoms with Gasteiger partial charge in [-0.1, -0.05) is 57.2 Å². The molecule has 2 aliphatic carbocycles. The fraction of sp³-hybridized carbons (Fsp3) is 0.588. The van der Waals surface area contributed by atoms with Crippen molar-refractivity contribution in [2.45, 2.75) is 109 Å². The van der Waals surface area contributed by atoms with Gasteiger partial charge in [-0.3, -0.25) is 0 Å². The predicted molar refractivity (Wildman–Crippen MR) is 158 cm³/mol. The summed E-state index contributed by atoms with van der Waals surface area (Å²) in [7, 11) is 0. The number of carbonyl (C=O) groups excluding carboxylic acids is 2. The van der Waals surface area contributed by atoms with Gasteiger partial charge in [-0.2, -0.15) is 0 Å². The van der Waals surface area contributed by atoms with Gasteiger partial charge >= 0.3 is 0 Å². The number of Topliss-reactive ketones (excluding diaryl/α,β-unsaturated/α-hetero) is 2. The first-order valence-electron chi connectivity index (χ1n) is 14.8. The molecule has 2 aliphatic heterocycles. The van der Waals surface area contributed by atoms with Crippen molar-refractivity contribution in [3.8, 4) is 11.5 Å². The van der Waals surface area contributed by atoms with Crippen molar-refractivity contribution in [2.75, 3.05) is 6.61 Å². The van der Waals surface area contributed by atoms with E-state index in [9.17, 15) is 24.9 Å². The summed E-state index contributed by atoms with van der Waals surface area (Å²) in [6, 6.07) is 12.2. The van der Waals surface area contributed by atoms with Gasteiger partial charge in [-0.25, -0.2) is 0 Å². The van der Waals surface area contributed by atoms with Crippen molar-refractivity contribution in [3.05, 3.63) is 58.7 Å². The number of hydrogen-bond donors (Lipinski definition) is 3. The van der Waals surface area contributed by atoms with Crippen LogP contribution in [0.4, 0.5) is 0 Å². The summed E-state index contributed by atoms with van der Waals surface area (Å²) >= 11 is 0. The molecule has 2 heterocycles. The van der Waals surface area contributed by atoms with Gasteiger partial charge in [0.15, 0.2) is 0 Å². The average molecular weight is 567 g/mol. The van der Waals surface area contributed by atoms with Crippen LogP contribution in [0.15, 0.2) is 36.4 Å². The van der Waals surface area contributed by atoms with Gasteiger partial charge in [-0.05, 0) is 43.7 Å². The van der Waals surface area contributed by atoms with Crippen molar-refractivity contribution in [2.24, 2.45) is 11.8 Å². The fourth-order valence-corrected chi connectivity index (χ4v) is 7.35. The van der Waals surface area contributed by atoms with E-state index in [4.69, 9.17) is 9.47 Å². The van der Waals surface area contributed by atoms with Crippen LogP contribution < -0.4 is 9.47 Å². The lowest BCUT2D eigenvalue weighted by atomic mass is 9.85. The largest absolute Gasteiger partial charge is 0.489 e. The topological polar surface area (TPSA) is 113 Å². The number of para-hydroxylation sites is 2. The molecule has 0 radical (unpaired) electrons. The van der Waals surface area contributed by atoms with Crippen molar-refractivity contribution < 1.29 is 34.4 Å². The molecule has 0 bridgehead atoms. The van der Waals surface area contributed by atoms with Crippen LogP contribution in [0, 0.1) is 11.8 Å². The van der Waals surface area contributed by atoms with Crippen LogP contribution in [0.1, 0.15) is 94.4 Å². The number of aliphatic hydroxyl groups is 3. The fourth-order valence-electron chi connectivity index (χ4n) is 7.35. The Balaban J connectivity index is 0.000000184. The number of aliphatic hydroxyl groups excluding tert-OH is 3. The van der Waals surface area contributed by atoms with Crippen molar-refractivity contribution in [1.82, 2.24) is 0 Å². The highest BCUT2D eigenvalue weighted by Gasteiger charge is 2.50. The second kappa shape index (κ2) is 13.1. The number of hydrogen-bond acceptors (Lipinski definition) is 7. The Morgan fingerprint density at radius 3 is 1.63 bits per heavy atom. The number of carbonyl (C=O) groups is 2. The molecule has 2 fully saturated rings. The Hall–Kier alpha value is -2.74. The minimum Gasteiger partial charge on any atom is -0.489 e. The highest BCUT2D eigenvalue weighted by Crippen LogP contribution is 2.53. The number of benzene rings is 2. The van der Waals surface area contributed by atoms with Gasteiger partial charge in [0, 0.05) is 61.2 Å². The predicted octanol–water partition coefficient (Wildman–Crippen LogP) is 4.91. The second-order valence-corrected chi connectivity index (χ2v) is 12.0. The average Bonchev–Trinajstić information content (AvgIpc) is 3.63. The zero-order valence-corrected chi connectivity index (χ0v) is 23.7. The third-order valence-corrected chi connectivity index (χ3v) is 9.35. The van der Waals surface area contributed by atoms with Gasteiger partial charge in [0.05, 0.1) is 12.2 Å². The van der Waals surface area contributed by atoms with Gasteiger partial charge in [0.25, 0.3) is 0 Å². The minimum absolute atomic E-state index is 0. The molecule has 6 rings (SSSR count). The highest BCUT2D eigenvalue weighted by atomic mass is 16.5. The molecule has 224 valence electrons. The van der Waals surface area contributed by atoms with E-state index in [0.717, 1.165) is 47.5 Å². The van der Waals surface area contributed by atoms with Gasteiger partial charge in [0.2, 0.25) is 0 Å². The van der Waals surface area contributed by atoms with Crippen molar-refractivity contribution in [1.29, 1.82) is 0 Å². The molecule has 8 atom stereocenters. The van der Waals surface area contributed by atoms with Crippen LogP contribution in [0.3, 0.4) is 0 Å². The summed E-state index contributed by atoms with van der Waals surface area (Å²) in [5.41, 5.74) is 4.50. The maximum Gasteiger partial charge on any atom is 0.130 e. The Labute approximate surface area is 243 Å². The summed E-state index contributed by atoms with van der Waals surface area (Å²) in [5, 5.41) is 29.6. The lowest BCUT2D eigenvalue weighted by Crippen LogP contribution is -2.22. The molecule has 41 heavy (non-hydrogen) atoms. The summed E-state index contributed by atoms with van der Waals surface area (Å²) in [5.74, 6) is 2.77. The Bertz CT molecular complexity index is 1140. The standard InChI is InChI=1S/C17H22O3.C16H20O4.CH4/c1-3-12-14(19)9-15-16(12)13-6-4-5-11(17(13)20-15)8-7-10(2)18;1-9(18)5-6-10-3-2-4-11-15-12(8-17)13(19)7-14(15)20-16(10)11;/h4-6,12,14-16,19H,3,7-9H2,1-2H3;2-4,12-15,17,19H,5-8H2,1H3;1H4/t12-,14+,15-,16-;12-,13+,14-,15+;/m00./s1. The third kappa shape index (κ3) is 6.08. The summed E-state index contributed by atoms with van der Waals surface area (Å²) in [4.78, 5) is 22.3. The van der Waals surface area contributed by atoms with Crippen molar-refractivity contribution >= 4 is 11.6 Å². The van der Waals surface area contributed by atoms with Crippen LogP contribution in [0.2, 0.25) is 0 Å². The maximum absolute atomic E-state index is 11.2. The quantitative estimate of drug-likeness (QED) is 0.416. The van der Waals surface area contributed by atoms with Crippen LogP contribution >= 0.6 is 0 Å². The van der Waals surface area contributed by atoms with Crippen LogP contribution in [-0.4, -0.2) is 57.9 Å². The van der Waals surface area contributed by atoms with Crippen LogP contribution in [-0.2, 0) is 22.4 Å². The highest BCUT2D eigenvalue weighted by molar-refractivity contribution is 5.76. The molecule has 2 saturated carbocycles. The van der Waals surface area contributed by atoms with Crippen molar-refractivity contribution in [3.63, 3.8) is 0 Å². The molecule has 0 saturated heterocycles. The molecule has 7 nitrogen and oxygen atoms in total. The van der Waals surface area contributed by atoms with Crippen LogP contribution in [0.5, 0.6) is 11.5 Å². The van der Waals surface area contributed by atoms with Crippen LogP contribution in [0.25, 0.3) is 0 Å². The first kappa shape index (κ1) is 31.2. The maximum atomic E-state index is 11.2. The summed E-state index contributed by atoms with van der Waals surface area (Å²) in [6.45, 7) is 5.33. The number of rotatable bonds is 8. The minimum atomic E-state index is -0.496. The Morgan fingerprint density at radius 1 is 0.780 bits per heavy atom. The summed E-state index contributed by atoms with van der Waals surface area (Å²) in [6.07, 6.45) is 4.11. The zero-order valence-electron chi connectivity index (χ0n) is 23.7. The second-order valence-electron chi connectivity index (χ2n) is 12.0. The smallest absolute Gasteiger partial charge is 0.130 e. The van der Waals surface area contributed by atoms with Gasteiger partial charge < -0.3 is 34.4 Å². The van der Waals surface area contributed by atoms with E-state index in [-0.39, 0.29) is 55.7 Å². The number of fused-ring (bicyclic) bond motifs is 6. The molecule has 0 spiro atoms. The Morgan fingerprint density at radius 2 is 1.22 bits per heavy atom. The molecule has 2 aromatic carbocycles. The first-order valence-corrected chi connectivity index (χ1v) is 14.8. The number of aryl methyl sites for hydroxylation is 2.